The fraction of sp³-hybridized carbons (Fsp3) is 0.0417. The van der Waals surface area contributed by atoms with Crippen LogP contribution in [0, 0.1) is 0 Å². The minimum atomic E-state index is -0.436. The highest BCUT2D eigenvalue weighted by Gasteiger charge is 2.43. The van der Waals surface area contributed by atoms with E-state index in [9.17, 15) is 0 Å². The average Bonchev–Trinajstić information content (AvgIpc) is 3.68. The molecule has 0 saturated heterocycles. The highest BCUT2D eigenvalue weighted by Crippen LogP contribution is 2.56. The Hall–Kier alpha value is -6.38. The van der Waals surface area contributed by atoms with Crippen LogP contribution in [-0.2, 0) is 5.41 Å². The highest BCUT2D eigenvalue weighted by atomic mass is 16.3. The van der Waals surface area contributed by atoms with Crippen molar-refractivity contribution in [3.05, 3.63) is 199 Å². The van der Waals surface area contributed by atoms with Gasteiger partial charge in [-0.3, -0.25) is 0 Å². The Kier molecular flexibility index (Phi) is 6.34. The number of furan rings is 1. The maximum absolute atomic E-state index is 6.63. The van der Waals surface area contributed by atoms with Crippen molar-refractivity contribution in [3.8, 4) is 22.3 Å². The van der Waals surface area contributed by atoms with E-state index in [2.05, 4.69) is 188 Å². The lowest BCUT2D eigenvalue weighted by Crippen LogP contribution is -2.26. The Morgan fingerprint density at radius 1 is 0.420 bits per heavy atom. The van der Waals surface area contributed by atoms with Gasteiger partial charge >= 0.3 is 0 Å². The van der Waals surface area contributed by atoms with Crippen LogP contribution >= 0.6 is 0 Å². The smallest absolute Gasteiger partial charge is 0.137 e. The first-order valence-corrected chi connectivity index (χ1v) is 17.3. The zero-order valence-corrected chi connectivity index (χ0v) is 27.7. The molecule has 0 spiro atoms. The molecule has 1 aliphatic carbocycles. The summed E-state index contributed by atoms with van der Waals surface area (Å²) < 4.78 is 6.63. The number of hydrogen-bond acceptors (Lipinski definition) is 2. The molecule has 1 heterocycles. The second kappa shape index (κ2) is 11.1. The monoisotopic (exact) mass is 639 g/mol. The molecule has 0 saturated carbocycles. The summed E-state index contributed by atoms with van der Waals surface area (Å²) in [6.07, 6.45) is 0. The van der Waals surface area contributed by atoms with Crippen LogP contribution in [0.25, 0.3) is 55.0 Å². The standard InChI is InChI=1S/C48H33NO/c1-48(42-20-10-7-17-38(42)39-18-8-11-21-43(39)48)44-30-41-40-19-9-12-22-46(40)50-47(41)31-45(44)49(37-28-25-33-15-5-6-16-35(33)29-37)36-26-23-34(24-27-36)32-13-3-2-4-14-32/h2-31H,1H3. The van der Waals surface area contributed by atoms with E-state index in [1.165, 1.54) is 49.7 Å². The Morgan fingerprint density at radius 2 is 1.02 bits per heavy atom. The fourth-order valence-corrected chi connectivity index (χ4v) is 8.27. The largest absolute Gasteiger partial charge is 0.456 e. The number of nitrogens with zero attached hydrogens (tertiary/aromatic N) is 1. The van der Waals surface area contributed by atoms with Crippen LogP contribution in [0.3, 0.4) is 0 Å². The van der Waals surface area contributed by atoms with Crippen LogP contribution in [0.1, 0.15) is 23.6 Å². The Bertz CT molecular complexity index is 2670. The number of para-hydroxylation sites is 1. The lowest BCUT2D eigenvalue weighted by Gasteiger charge is -2.35. The number of benzene rings is 8. The van der Waals surface area contributed by atoms with Crippen molar-refractivity contribution >= 4 is 49.8 Å². The van der Waals surface area contributed by atoms with Crippen molar-refractivity contribution in [2.24, 2.45) is 0 Å². The van der Waals surface area contributed by atoms with Gasteiger partial charge in [0.2, 0.25) is 0 Å². The van der Waals surface area contributed by atoms with E-state index >= 15 is 0 Å². The minimum absolute atomic E-state index is 0.436. The van der Waals surface area contributed by atoms with Crippen LogP contribution in [0.4, 0.5) is 17.1 Å². The van der Waals surface area contributed by atoms with Crippen molar-refractivity contribution in [1.82, 2.24) is 0 Å². The molecule has 1 aliphatic rings. The van der Waals surface area contributed by atoms with Gasteiger partial charge in [0, 0.05) is 33.6 Å². The van der Waals surface area contributed by atoms with Crippen molar-refractivity contribution in [2.75, 3.05) is 4.90 Å². The van der Waals surface area contributed by atoms with Crippen LogP contribution in [0.5, 0.6) is 0 Å². The second-order valence-corrected chi connectivity index (χ2v) is 13.5. The van der Waals surface area contributed by atoms with Gasteiger partial charge in [-0.1, -0.05) is 140 Å². The van der Waals surface area contributed by atoms with Crippen molar-refractivity contribution < 1.29 is 4.42 Å². The van der Waals surface area contributed by atoms with Gasteiger partial charge in [-0.25, -0.2) is 0 Å². The van der Waals surface area contributed by atoms with E-state index < -0.39 is 5.41 Å². The lowest BCUT2D eigenvalue weighted by molar-refractivity contribution is 0.667. The molecule has 0 unspecified atom stereocenters. The molecule has 236 valence electrons. The second-order valence-electron chi connectivity index (χ2n) is 13.5. The quantitative estimate of drug-likeness (QED) is 0.186. The van der Waals surface area contributed by atoms with Gasteiger partial charge in [-0.15, -0.1) is 0 Å². The van der Waals surface area contributed by atoms with E-state index in [0.717, 1.165) is 39.0 Å². The predicted molar refractivity (Wildman–Crippen MR) is 209 cm³/mol. The lowest BCUT2D eigenvalue weighted by atomic mass is 9.73. The minimum Gasteiger partial charge on any atom is -0.456 e. The van der Waals surface area contributed by atoms with E-state index in [0.29, 0.717) is 0 Å². The average molecular weight is 640 g/mol. The van der Waals surface area contributed by atoms with E-state index in [1.807, 2.05) is 6.07 Å². The molecule has 2 nitrogen and oxygen atoms in total. The van der Waals surface area contributed by atoms with Gasteiger partial charge in [0.15, 0.2) is 0 Å². The fourth-order valence-electron chi connectivity index (χ4n) is 8.27. The molecule has 0 aliphatic heterocycles. The maximum atomic E-state index is 6.63. The van der Waals surface area contributed by atoms with Gasteiger partial charge in [0.1, 0.15) is 11.2 Å². The Labute approximate surface area is 291 Å². The molecular weight excluding hydrogens is 607 g/mol. The first kappa shape index (κ1) is 28.6. The molecule has 0 bridgehead atoms. The van der Waals surface area contributed by atoms with Gasteiger partial charge in [0.25, 0.3) is 0 Å². The van der Waals surface area contributed by atoms with Crippen LogP contribution in [0.2, 0.25) is 0 Å². The van der Waals surface area contributed by atoms with E-state index in [-0.39, 0.29) is 0 Å². The third-order valence-electron chi connectivity index (χ3n) is 10.7. The molecular formula is C48H33NO. The Morgan fingerprint density at radius 3 is 1.78 bits per heavy atom. The van der Waals surface area contributed by atoms with Crippen molar-refractivity contribution in [1.29, 1.82) is 0 Å². The third-order valence-corrected chi connectivity index (χ3v) is 10.7. The number of anilines is 3. The molecule has 1 aromatic heterocycles. The van der Waals surface area contributed by atoms with E-state index in [1.54, 1.807) is 0 Å². The summed E-state index contributed by atoms with van der Waals surface area (Å²) in [5.41, 5.74) is 13.4. The first-order chi connectivity index (χ1) is 24.7. The zero-order chi connectivity index (χ0) is 33.2. The molecule has 8 aromatic carbocycles. The summed E-state index contributed by atoms with van der Waals surface area (Å²) in [6.45, 7) is 2.40. The normalized spacial score (nSPS) is 13.1. The maximum Gasteiger partial charge on any atom is 0.137 e. The van der Waals surface area contributed by atoms with Crippen molar-refractivity contribution in [2.45, 2.75) is 12.3 Å². The zero-order valence-electron chi connectivity index (χ0n) is 27.7. The van der Waals surface area contributed by atoms with Gasteiger partial charge in [-0.05, 0) is 93.0 Å². The first-order valence-electron chi connectivity index (χ1n) is 17.3. The predicted octanol–water partition coefficient (Wildman–Crippen LogP) is 13.2. The third kappa shape index (κ3) is 4.28. The van der Waals surface area contributed by atoms with E-state index in [4.69, 9.17) is 4.42 Å². The molecule has 9 aromatic rings. The summed E-state index contributed by atoms with van der Waals surface area (Å²) in [5.74, 6) is 0. The van der Waals surface area contributed by atoms with Crippen LogP contribution in [-0.4, -0.2) is 0 Å². The van der Waals surface area contributed by atoms with Crippen molar-refractivity contribution in [3.63, 3.8) is 0 Å². The van der Waals surface area contributed by atoms with Gasteiger partial charge < -0.3 is 9.32 Å². The summed E-state index contributed by atoms with van der Waals surface area (Å²) in [5, 5.41) is 4.67. The molecule has 0 atom stereocenters. The molecule has 10 rings (SSSR count). The molecule has 0 amide bonds. The molecule has 0 fully saturated rings. The summed E-state index contributed by atoms with van der Waals surface area (Å²) in [6, 6.07) is 65.9. The molecule has 2 heteroatoms. The summed E-state index contributed by atoms with van der Waals surface area (Å²) >= 11 is 0. The Balaban J connectivity index is 1.30. The molecule has 0 N–H and O–H groups in total. The molecule has 0 radical (unpaired) electrons. The van der Waals surface area contributed by atoms with Gasteiger partial charge in [-0.2, -0.15) is 0 Å². The number of rotatable bonds is 5. The molecule has 50 heavy (non-hydrogen) atoms. The summed E-state index contributed by atoms with van der Waals surface area (Å²) in [7, 11) is 0. The topological polar surface area (TPSA) is 16.4 Å². The SMILES string of the molecule is CC1(c2cc3c(cc2N(c2ccc(-c4ccccc4)cc2)c2ccc4ccccc4c2)oc2ccccc23)c2ccccc2-c2ccccc21. The summed E-state index contributed by atoms with van der Waals surface area (Å²) in [4.78, 5) is 2.43. The number of hydrogen-bond donors (Lipinski definition) is 0. The number of fused-ring (bicyclic) bond motifs is 7. The highest BCUT2D eigenvalue weighted by molar-refractivity contribution is 6.07. The van der Waals surface area contributed by atoms with Gasteiger partial charge in [0.05, 0.1) is 5.69 Å². The van der Waals surface area contributed by atoms with Crippen LogP contribution in [0.15, 0.2) is 186 Å². The van der Waals surface area contributed by atoms with Crippen LogP contribution < -0.4 is 4.90 Å².